The number of fused-ring (bicyclic) bond motifs is 1. The molecule has 1 aliphatic rings. The van der Waals surface area contributed by atoms with E-state index < -0.39 is 11.7 Å². The van der Waals surface area contributed by atoms with E-state index in [1.165, 1.54) is 18.3 Å². The number of ether oxygens (including phenoxy) is 1. The second kappa shape index (κ2) is 8.37. The first-order valence-corrected chi connectivity index (χ1v) is 10.6. The minimum atomic E-state index is -4.35. The second-order valence-electron chi connectivity index (χ2n) is 8.24. The number of alkyl halides is 3. The lowest BCUT2D eigenvalue weighted by Gasteiger charge is -2.36. The molecule has 2 heterocycles. The summed E-state index contributed by atoms with van der Waals surface area (Å²) in [5.41, 5.74) is 1.64. The summed E-state index contributed by atoms with van der Waals surface area (Å²) in [6.07, 6.45) is -1.86. The SMILES string of the molecule is N#Cc1cc(OC2CC(c3ccc(C(F)(F)F)cc3)C2)cc(Nc2ccc3c(F)c[nH]c3c2)n1. The van der Waals surface area contributed by atoms with Crippen LogP contribution in [0.5, 0.6) is 5.75 Å². The Morgan fingerprint density at radius 2 is 1.82 bits per heavy atom. The fourth-order valence-corrected chi connectivity index (χ4v) is 4.08. The lowest BCUT2D eigenvalue weighted by molar-refractivity contribution is -0.137. The van der Waals surface area contributed by atoms with Gasteiger partial charge in [0.2, 0.25) is 0 Å². The number of nitriles is 1. The molecule has 1 saturated carbocycles. The number of hydrogen-bond acceptors (Lipinski definition) is 4. The van der Waals surface area contributed by atoms with Crippen molar-refractivity contribution < 1.29 is 22.3 Å². The average molecular weight is 466 g/mol. The van der Waals surface area contributed by atoms with Crippen molar-refractivity contribution in [3.8, 4) is 11.8 Å². The largest absolute Gasteiger partial charge is 0.490 e. The van der Waals surface area contributed by atoms with Crippen LogP contribution >= 0.6 is 0 Å². The zero-order chi connectivity index (χ0) is 23.9. The Kier molecular flexibility index (Phi) is 5.36. The summed E-state index contributed by atoms with van der Waals surface area (Å²) in [7, 11) is 0. The van der Waals surface area contributed by atoms with Crippen LogP contribution < -0.4 is 10.1 Å². The number of H-pyrrole nitrogens is 1. The standard InChI is InChI=1S/C25H18F4N4O/c26-22-13-31-23-10-17(5-6-21(22)23)32-24-11-20(9-18(12-30)33-24)34-19-7-15(8-19)14-1-3-16(4-2-14)25(27,28)29/h1-6,9-11,13,15,19,31H,7-8H2,(H,32,33). The van der Waals surface area contributed by atoms with Crippen LogP contribution in [-0.2, 0) is 6.18 Å². The third-order valence-electron chi connectivity index (χ3n) is 5.92. The third-order valence-corrected chi connectivity index (χ3v) is 5.92. The number of hydrogen-bond donors (Lipinski definition) is 2. The van der Waals surface area contributed by atoms with Gasteiger partial charge in [-0.25, -0.2) is 9.37 Å². The van der Waals surface area contributed by atoms with E-state index in [-0.39, 0.29) is 23.5 Å². The van der Waals surface area contributed by atoms with Gasteiger partial charge in [0.05, 0.1) is 17.2 Å². The number of halogens is 4. The first kappa shape index (κ1) is 21.8. The van der Waals surface area contributed by atoms with Gasteiger partial charge in [-0.1, -0.05) is 12.1 Å². The fourth-order valence-electron chi connectivity index (χ4n) is 4.08. The predicted octanol–water partition coefficient (Wildman–Crippen LogP) is 6.66. The number of nitrogens with zero attached hydrogens (tertiary/aromatic N) is 2. The molecule has 5 nitrogen and oxygen atoms in total. The van der Waals surface area contributed by atoms with Gasteiger partial charge in [0, 0.05) is 29.4 Å². The van der Waals surface area contributed by atoms with Crippen molar-refractivity contribution in [1.82, 2.24) is 9.97 Å². The minimum Gasteiger partial charge on any atom is -0.490 e. The summed E-state index contributed by atoms with van der Waals surface area (Å²) < 4.78 is 57.9. The molecular weight excluding hydrogens is 448 g/mol. The molecule has 0 saturated heterocycles. The molecule has 34 heavy (non-hydrogen) atoms. The predicted molar refractivity (Wildman–Crippen MR) is 118 cm³/mol. The van der Waals surface area contributed by atoms with Crippen molar-refractivity contribution in [2.45, 2.75) is 31.0 Å². The number of benzene rings is 2. The maximum absolute atomic E-state index is 13.7. The van der Waals surface area contributed by atoms with E-state index in [4.69, 9.17) is 4.74 Å². The molecule has 9 heteroatoms. The molecule has 1 fully saturated rings. The van der Waals surface area contributed by atoms with Crippen molar-refractivity contribution in [2.24, 2.45) is 0 Å². The normalized spacial score (nSPS) is 17.7. The van der Waals surface area contributed by atoms with Gasteiger partial charge in [0.15, 0.2) is 0 Å². The summed E-state index contributed by atoms with van der Waals surface area (Å²) in [5, 5.41) is 12.9. The summed E-state index contributed by atoms with van der Waals surface area (Å²) in [6, 6.07) is 15.5. The van der Waals surface area contributed by atoms with Gasteiger partial charge >= 0.3 is 6.18 Å². The van der Waals surface area contributed by atoms with E-state index in [9.17, 15) is 22.8 Å². The molecule has 0 bridgehead atoms. The number of aromatic nitrogens is 2. The molecule has 0 amide bonds. The minimum absolute atomic E-state index is 0.118. The summed E-state index contributed by atoms with van der Waals surface area (Å²) >= 11 is 0. The molecule has 1 aliphatic carbocycles. The lowest BCUT2D eigenvalue weighted by Crippen LogP contribution is -2.32. The van der Waals surface area contributed by atoms with Crippen LogP contribution in [0.1, 0.15) is 35.6 Å². The molecule has 2 aromatic carbocycles. The Morgan fingerprint density at radius 3 is 2.53 bits per heavy atom. The monoisotopic (exact) mass is 466 g/mol. The van der Waals surface area contributed by atoms with Crippen LogP contribution in [0.15, 0.2) is 60.8 Å². The summed E-state index contributed by atoms with van der Waals surface area (Å²) in [6.45, 7) is 0. The number of anilines is 2. The Bertz CT molecular complexity index is 1380. The van der Waals surface area contributed by atoms with E-state index in [0.29, 0.717) is 41.0 Å². The molecule has 172 valence electrons. The Hall–Kier alpha value is -4.06. The average Bonchev–Trinajstić information content (AvgIpc) is 3.15. The fraction of sp³-hybridized carbons (Fsp3) is 0.200. The molecular formula is C25H18F4N4O. The Labute approximate surface area is 192 Å². The first-order valence-electron chi connectivity index (χ1n) is 10.6. The third kappa shape index (κ3) is 4.39. The highest BCUT2D eigenvalue weighted by molar-refractivity contribution is 5.84. The summed E-state index contributed by atoms with van der Waals surface area (Å²) in [4.78, 5) is 7.09. The first-order chi connectivity index (χ1) is 16.3. The highest BCUT2D eigenvalue weighted by Crippen LogP contribution is 2.40. The lowest BCUT2D eigenvalue weighted by atomic mass is 9.77. The van der Waals surface area contributed by atoms with Crippen LogP contribution in [0.4, 0.5) is 29.1 Å². The van der Waals surface area contributed by atoms with E-state index in [1.807, 2.05) is 6.07 Å². The molecule has 4 aromatic rings. The van der Waals surface area contributed by atoms with Crippen molar-refractivity contribution in [3.63, 3.8) is 0 Å². The number of pyridine rings is 1. The van der Waals surface area contributed by atoms with Crippen LogP contribution in [0.3, 0.4) is 0 Å². The zero-order valence-corrected chi connectivity index (χ0v) is 17.7. The van der Waals surface area contributed by atoms with Gasteiger partial charge < -0.3 is 15.0 Å². The van der Waals surface area contributed by atoms with Crippen LogP contribution in [-0.4, -0.2) is 16.1 Å². The van der Waals surface area contributed by atoms with Crippen LogP contribution in [0.2, 0.25) is 0 Å². The van der Waals surface area contributed by atoms with Crippen molar-refractivity contribution >= 4 is 22.4 Å². The smallest absolute Gasteiger partial charge is 0.416 e. The van der Waals surface area contributed by atoms with Gasteiger partial charge in [0.25, 0.3) is 0 Å². The number of aromatic amines is 1. The Morgan fingerprint density at radius 1 is 1.06 bits per heavy atom. The molecule has 0 radical (unpaired) electrons. The van der Waals surface area contributed by atoms with E-state index >= 15 is 0 Å². The quantitative estimate of drug-likeness (QED) is 0.323. The summed E-state index contributed by atoms with van der Waals surface area (Å²) in [5.74, 6) is 0.656. The number of nitrogens with one attached hydrogen (secondary N) is 2. The van der Waals surface area contributed by atoms with Crippen molar-refractivity contribution in [1.29, 1.82) is 5.26 Å². The Balaban J connectivity index is 1.25. The molecule has 0 aliphatic heterocycles. The van der Waals surface area contributed by atoms with E-state index in [1.54, 1.807) is 30.3 Å². The molecule has 0 atom stereocenters. The van der Waals surface area contributed by atoms with Gasteiger partial charge in [-0.15, -0.1) is 0 Å². The molecule has 5 rings (SSSR count). The maximum atomic E-state index is 13.7. The van der Waals surface area contributed by atoms with Gasteiger partial charge in [-0.3, -0.25) is 0 Å². The molecule has 2 N–H and O–H groups in total. The van der Waals surface area contributed by atoms with Gasteiger partial charge in [-0.05, 0) is 54.7 Å². The zero-order valence-electron chi connectivity index (χ0n) is 17.7. The number of rotatable bonds is 5. The van der Waals surface area contributed by atoms with Crippen LogP contribution in [0.25, 0.3) is 10.9 Å². The second-order valence-corrected chi connectivity index (χ2v) is 8.24. The molecule has 0 unspecified atom stereocenters. The topological polar surface area (TPSA) is 73.7 Å². The van der Waals surface area contributed by atoms with E-state index in [2.05, 4.69) is 15.3 Å². The highest BCUT2D eigenvalue weighted by atomic mass is 19.4. The molecule has 0 spiro atoms. The van der Waals surface area contributed by atoms with Gasteiger partial charge in [0.1, 0.15) is 29.1 Å². The van der Waals surface area contributed by atoms with Crippen molar-refractivity contribution in [2.75, 3.05) is 5.32 Å². The van der Waals surface area contributed by atoms with Gasteiger partial charge in [-0.2, -0.15) is 18.4 Å². The van der Waals surface area contributed by atoms with E-state index in [0.717, 1.165) is 17.7 Å². The maximum Gasteiger partial charge on any atom is 0.416 e. The highest BCUT2D eigenvalue weighted by Gasteiger charge is 2.34. The van der Waals surface area contributed by atoms with Crippen LogP contribution in [0, 0.1) is 17.1 Å². The molecule has 2 aromatic heterocycles. The van der Waals surface area contributed by atoms with Crippen molar-refractivity contribution in [3.05, 3.63) is 83.4 Å².